The molecule has 0 aliphatic carbocycles. The first-order valence-electron chi connectivity index (χ1n) is 10.9. The third kappa shape index (κ3) is 4.34. The molecule has 0 fully saturated rings. The molecule has 8 heteroatoms. The molecule has 0 saturated carbocycles. The molecule has 0 bridgehead atoms. The van der Waals surface area contributed by atoms with Gasteiger partial charge in [-0.2, -0.15) is 0 Å². The van der Waals surface area contributed by atoms with Gasteiger partial charge in [0.05, 0.1) is 33.2 Å². The Bertz CT molecular complexity index is 1460. The number of fused-ring (bicyclic) bond motifs is 1. The monoisotopic (exact) mass is 486 g/mol. The topological polar surface area (TPSA) is 69.9 Å². The first kappa shape index (κ1) is 22.6. The van der Waals surface area contributed by atoms with E-state index in [1.165, 1.54) is 0 Å². The molecular formula is C27H23ClN4O3. The van der Waals surface area contributed by atoms with Crippen LogP contribution < -0.4 is 19.5 Å². The molecular weight excluding hydrogens is 464 g/mol. The molecule has 176 valence electrons. The summed E-state index contributed by atoms with van der Waals surface area (Å²) in [5.74, 6) is 2.37. The molecule has 0 atom stereocenters. The number of aromatic nitrogens is 3. The number of hydrogen-bond acceptors (Lipinski definition) is 6. The molecule has 0 aliphatic rings. The normalized spacial score (nSPS) is 10.9. The highest BCUT2D eigenvalue weighted by molar-refractivity contribution is 6.30. The van der Waals surface area contributed by atoms with Crippen molar-refractivity contribution in [2.24, 2.45) is 0 Å². The molecule has 0 amide bonds. The van der Waals surface area contributed by atoms with Crippen LogP contribution in [-0.2, 0) is 0 Å². The van der Waals surface area contributed by atoms with Crippen LogP contribution in [0.1, 0.15) is 0 Å². The Morgan fingerprint density at radius 2 is 1.51 bits per heavy atom. The summed E-state index contributed by atoms with van der Waals surface area (Å²) in [7, 11) is 4.76. The Morgan fingerprint density at radius 1 is 0.829 bits per heavy atom. The van der Waals surface area contributed by atoms with Gasteiger partial charge in [-0.3, -0.25) is 9.38 Å². The fourth-order valence-electron chi connectivity index (χ4n) is 3.93. The van der Waals surface area contributed by atoms with E-state index in [1.807, 2.05) is 77.3 Å². The van der Waals surface area contributed by atoms with E-state index in [2.05, 4.69) is 10.3 Å². The second-order valence-electron chi connectivity index (χ2n) is 7.72. The van der Waals surface area contributed by atoms with E-state index >= 15 is 0 Å². The van der Waals surface area contributed by atoms with Crippen LogP contribution in [-0.4, -0.2) is 35.7 Å². The maximum atomic E-state index is 6.14. The van der Waals surface area contributed by atoms with Gasteiger partial charge in [0.25, 0.3) is 0 Å². The maximum absolute atomic E-state index is 6.14. The number of ether oxygens (including phenoxy) is 3. The molecule has 1 N–H and O–H groups in total. The van der Waals surface area contributed by atoms with Crippen LogP contribution in [0.3, 0.4) is 0 Å². The minimum Gasteiger partial charge on any atom is -0.493 e. The fourth-order valence-corrected chi connectivity index (χ4v) is 4.06. The second-order valence-corrected chi connectivity index (χ2v) is 8.16. The van der Waals surface area contributed by atoms with Crippen LogP contribution in [0.2, 0.25) is 5.02 Å². The fraction of sp³-hybridized carbons (Fsp3) is 0.111. The van der Waals surface area contributed by atoms with Crippen molar-refractivity contribution < 1.29 is 14.2 Å². The highest BCUT2D eigenvalue weighted by Crippen LogP contribution is 2.41. The van der Waals surface area contributed by atoms with E-state index in [0.717, 1.165) is 34.0 Å². The zero-order valence-electron chi connectivity index (χ0n) is 19.4. The lowest BCUT2D eigenvalue weighted by Crippen LogP contribution is -2.01. The molecule has 35 heavy (non-hydrogen) atoms. The third-order valence-corrected chi connectivity index (χ3v) is 5.88. The van der Waals surface area contributed by atoms with Crippen molar-refractivity contribution in [2.45, 2.75) is 0 Å². The smallest absolute Gasteiger partial charge is 0.203 e. The molecule has 0 spiro atoms. The van der Waals surface area contributed by atoms with Gasteiger partial charge in [0.1, 0.15) is 11.5 Å². The largest absolute Gasteiger partial charge is 0.493 e. The Hall–Kier alpha value is -4.23. The van der Waals surface area contributed by atoms with Crippen molar-refractivity contribution in [1.82, 2.24) is 14.4 Å². The Labute approximate surface area is 207 Å². The van der Waals surface area contributed by atoms with Crippen molar-refractivity contribution in [3.05, 3.63) is 84.1 Å². The first-order valence-corrected chi connectivity index (χ1v) is 11.3. The number of benzene rings is 3. The average molecular weight is 487 g/mol. The van der Waals surface area contributed by atoms with E-state index in [-0.39, 0.29) is 0 Å². The van der Waals surface area contributed by atoms with Crippen molar-refractivity contribution in [1.29, 1.82) is 0 Å². The van der Waals surface area contributed by atoms with E-state index in [9.17, 15) is 0 Å². The van der Waals surface area contributed by atoms with E-state index < -0.39 is 0 Å². The molecule has 7 nitrogen and oxygen atoms in total. The van der Waals surface area contributed by atoms with Gasteiger partial charge in [-0.1, -0.05) is 54.1 Å². The lowest BCUT2D eigenvalue weighted by Gasteiger charge is -2.16. The Kier molecular flexibility index (Phi) is 6.16. The molecule has 2 aromatic heterocycles. The van der Waals surface area contributed by atoms with Crippen LogP contribution in [0.5, 0.6) is 17.2 Å². The van der Waals surface area contributed by atoms with E-state index in [4.69, 9.17) is 30.8 Å². The minimum atomic E-state index is 0.521. The van der Waals surface area contributed by atoms with Crippen molar-refractivity contribution in [3.8, 4) is 39.8 Å². The van der Waals surface area contributed by atoms with Gasteiger partial charge in [0, 0.05) is 40.2 Å². The number of halogens is 1. The highest BCUT2D eigenvalue weighted by Gasteiger charge is 2.19. The number of imidazole rings is 1. The van der Waals surface area contributed by atoms with Gasteiger partial charge in [-0.05, 0) is 12.1 Å². The van der Waals surface area contributed by atoms with Gasteiger partial charge in [-0.25, -0.2) is 4.98 Å². The van der Waals surface area contributed by atoms with E-state index in [0.29, 0.717) is 27.9 Å². The molecule has 0 unspecified atom stereocenters. The number of rotatable bonds is 7. The summed E-state index contributed by atoms with van der Waals surface area (Å²) in [5, 5.41) is 4.17. The van der Waals surface area contributed by atoms with Gasteiger partial charge >= 0.3 is 0 Å². The third-order valence-electron chi connectivity index (χ3n) is 5.62. The lowest BCUT2D eigenvalue weighted by atomic mass is 10.1. The van der Waals surface area contributed by atoms with Crippen molar-refractivity contribution in [3.63, 3.8) is 0 Å². The summed E-state index contributed by atoms with van der Waals surface area (Å²) in [5.41, 5.74) is 4.94. The number of hydrogen-bond donors (Lipinski definition) is 1. The van der Waals surface area contributed by atoms with Crippen molar-refractivity contribution in [2.75, 3.05) is 26.6 Å². The van der Waals surface area contributed by atoms with Gasteiger partial charge in [-0.15, -0.1) is 0 Å². The first-order chi connectivity index (χ1) is 17.1. The molecule has 0 radical (unpaired) electrons. The quantitative estimate of drug-likeness (QED) is 0.283. The van der Waals surface area contributed by atoms with Gasteiger partial charge < -0.3 is 19.5 Å². The number of methoxy groups -OCH3 is 3. The molecule has 5 rings (SSSR count). The highest BCUT2D eigenvalue weighted by atomic mass is 35.5. The van der Waals surface area contributed by atoms with Crippen molar-refractivity contribution >= 4 is 28.8 Å². The molecule has 0 saturated heterocycles. The predicted octanol–water partition coefficient (Wildman–Crippen LogP) is 6.49. The number of nitrogens with zero attached hydrogens (tertiary/aromatic N) is 3. The van der Waals surface area contributed by atoms with Gasteiger partial charge in [0.15, 0.2) is 17.1 Å². The molecule has 5 aromatic rings. The Morgan fingerprint density at radius 3 is 2.14 bits per heavy atom. The van der Waals surface area contributed by atoms with Gasteiger partial charge in [0.2, 0.25) is 5.75 Å². The van der Waals surface area contributed by atoms with Crippen LogP contribution in [0.15, 0.2) is 79.1 Å². The van der Waals surface area contributed by atoms with Crippen LogP contribution in [0.25, 0.3) is 28.2 Å². The summed E-state index contributed by atoms with van der Waals surface area (Å²) >= 11 is 6.14. The summed E-state index contributed by atoms with van der Waals surface area (Å²) in [6.07, 6.45) is 3.74. The lowest BCUT2D eigenvalue weighted by molar-refractivity contribution is 0.324. The summed E-state index contributed by atoms with van der Waals surface area (Å²) < 4.78 is 18.5. The second kappa shape index (κ2) is 9.56. The molecule has 3 aromatic carbocycles. The SMILES string of the molecule is COc1cc(Nc2c(-c3ccc(Cl)cc3)nc3cnc(-c4ccccc4)cn23)cc(OC)c1OC. The van der Waals surface area contributed by atoms with E-state index in [1.54, 1.807) is 27.5 Å². The number of nitrogens with one attached hydrogen (secondary N) is 1. The van der Waals surface area contributed by atoms with Crippen LogP contribution in [0, 0.1) is 0 Å². The summed E-state index contributed by atoms with van der Waals surface area (Å²) in [4.78, 5) is 9.51. The maximum Gasteiger partial charge on any atom is 0.203 e. The predicted molar refractivity (Wildman–Crippen MR) is 138 cm³/mol. The zero-order chi connectivity index (χ0) is 24.4. The summed E-state index contributed by atoms with van der Waals surface area (Å²) in [6, 6.07) is 21.3. The van der Waals surface area contributed by atoms with Crippen LogP contribution in [0.4, 0.5) is 11.5 Å². The summed E-state index contributed by atoms with van der Waals surface area (Å²) in [6.45, 7) is 0. The number of anilines is 2. The molecule has 2 heterocycles. The molecule has 0 aliphatic heterocycles. The zero-order valence-corrected chi connectivity index (χ0v) is 20.2. The standard InChI is InChI=1S/C27H23ClN4O3/c1-33-22-13-20(14-23(34-2)26(22)35-3)30-27-25(18-9-11-19(28)12-10-18)31-24-15-29-21(16-32(24)27)17-7-5-4-6-8-17/h4-16,30H,1-3H3. The van der Waals surface area contributed by atoms with Crippen LogP contribution >= 0.6 is 11.6 Å². The average Bonchev–Trinajstić information content (AvgIpc) is 3.26. The Balaban J connectivity index is 1.70. The minimum absolute atomic E-state index is 0.521.